The van der Waals surface area contributed by atoms with E-state index >= 15 is 0 Å². The fourth-order valence-corrected chi connectivity index (χ4v) is 7.64. The van der Waals surface area contributed by atoms with Crippen molar-refractivity contribution in [1.29, 1.82) is 0 Å². The van der Waals surface area contributed by atoms with Gasteiger partial charge >= 0.3 is 0 Å². The molecular weight excluding hydrogens is 669 g/mol. The predicted molar refractivity (Wildman–Crippen MR) is 227 cm³/mol. The third-order valence-corrected chi connectivity index (χ3v) is 10.2. The summed E-state index contributed by atoms with van der Waals surface area (Å²) in [6.45, 7) is 0. The van der Waals surface area contributed by atoms with Crippen LogP contribution in [0.3, 0.4) is 0 Å². The lowest BCUT2D eigenvalue weighted by Crippen LogP contribution is -1.98. The Kier molecular flexibility index (Phi) is 8.12. The fraction of sp³-hybridized carbons (Fsp3) is 0. The fourth-order valence-electron chi connectivity index (χ4n) is 7.64. The van der Waals surface area contributed by atoms with Crippen LogP contribution in [0.4, 0.5) is 0 Å². The van der Waals surface area contributed by atoms with E-state index in [9.17, 15) is 0 Å². The van der Waals surface area contributed by atoms with Crippen molar-refractivity contribution >= 4 is 21.7 Å². The van der Waals surface area contributed by atoms with Crippen molar-refractivity contribution in [2.75, 3.05) is 0 Å². The van der Waals surface area contributed by atoms with E-state index in [1.807, 2.05) is 18.2 Å². The molecule has 0 saturated carbocycles. The molecule has 0 aliphatic carbocycles. The van der Waals surface area contributed by atoms with Crippen LogP contribution in [-0.4, -0.2) is 19.7 Å². The van der Waals surface area contributed by atoms with Gasteiger partial charge in [-0.2, -0.15) is 5.10 Å². The molecule has 10 aromatic rings. The molecule has 0 fully saturated rings. The van der Waals surface area contributed by atoms with Crippen molar-refractivity contribution in [3.8, 4) is 73.1 Å². The first-order valence-corrected chi connectivity index (χ1v) is 18.5. The molecule has 0 spiro atoms. The highest BCUT2D eigenvalue weighted by atomic mass is 15.3. The zero-order valence-corrected chi connectivity index (χ0v) is 29.9. The molecule has 2 aromatic heterocycles. The summed E-state index contributed by atoms with van der Waals surface area (Å²) in [5.74, 6) is 0.675. The zero-order chi connectivity index (χ0) is 36.6. The van der Waals surface area contributed by atoms with Gasteiger partial charge in [0.05, 0.1) is 22.6 Å². The van der Waals surface area contributed by atoms with Crippen molar-refractivity contribution in [1.82, 2.24) is 19.7 Å². The lowest BCUT2D eigenvalue weighted by molar-refractivity contribution is 0.918. The average molecular weight is 703 g/mol. The van der Waals surface area contributed by atoms with Crippen LogP contribution in [0.15, 0.2) is 206 Å². The van der Waals surface area contributed by atoms with Gasteiger partial charge in [-0.25, -0.2) is 14.6 Å². The summed E-state index contributed by atoms with van der Waals surface area (Å²) in [5.41, 5.74) is 13.2. The first-order valence-electron chi connectivity index (χ1n) is 18.5. The quantitative estimate of drug-likeness (QED) is 0.166. The first-order chi connectivity index (χ1) is 27.3. The Hall–Kier alpha value is -7.43. The summed E-state index contributed by atoms with van der Waals surface area (Å²) >= 11 is 0. The number of hydrogen-bond donors (Lipinski definition) is 0. The van der Waals surface area contributed by atoms with E-state index in [0.29, 0.717) is 5.82 Å². The molecule has 0 unspecified atom stereocenters. The molecule has 8 aromatic carbocycles. The van der Waals surface area contributed by atoms with Gasteiger partial charge in [0.15, 0.2) is 5.82 Å². The Morgan fingerprint density at radius 2 is 0.927 bits per heavy atom. The second-order valence-corrected chi connectivity index (χ2v) is 13.7. The molecular formula is C51H34N4. The van der Waals surface area contributed by atoms with Gasteiger partial charge in [0.2, 0.25) is 0 Å². The van der Waals surface area contributed by atoms with Gasteiger partial charge in [-0.1, -0.05) is 176 Å². The molecule has 0 amide bonds. The predicted octanol–water partition coefficient (Wildman–Crippen LogP) is 13.0. The van der Waals surface area contributed by atoms with Crippen LogP contribution in [0, 0.1) is 0 Å². The summed E-state index contributed by atoms with van der Waals surface area (Å²) in [4.78, 5) is 10.6. The van der Waals surface area contributed by atoms with Crippen LogP contribution in [0.5, 0.6) is 0 Å². The third kappa shape index (κ3) is 5.96. The molecule has 55 heavy (non-hydrogen) atoms. The topological polar surface area (TPSA) is 43.6 Å². The second kappa shape index (κ2) is 13.8. The Morgan fingerprint density at radius 1 is 0.364 bits per heavy atom. The van der Waals surface area contributed by atoms with Crippen LogP contribution in [0.2, 0.25) is 0 Å². The molecule has 4 heteroatoms. The highest BCUT2D eigenvalue weighted by Gasteiger charge is 2.23. The Morgan fingerprint density at radius 3 is 1.67 bits per heavy atom. The highest BCUT2D eigenvalue weighted by Crippen LogP contribution is 2.44. The smallest absolute Gasteiger partial charge is 0.160 e. The van der Waals surface area contributed by atoms with Gasteiger partial charge in [0, 0.05) is 33.0 Å². The summed E-state index contributed by atoms with van der Waals surface area (Å²) in [6.07, 6.45) is 0. The summed E-state index contributed by atoms with van der Waals surface area (Å²) in [5, 5.41) is 8.78. The molecule has 0 atom stereocenters. The molecule has 0 aliphatic heterocycles. The maximum atomic E-state index is 5.40. The first kappa shape index (κ1) is 32.2. The molecule has 0 radical (unpaired) electrons. The number of para-hydroxylation sites is 1. The van der Waals surface area contributed by atoms with E-state index in [1.54, 1.807) is 0 Å². The second-order valence-electron chi connectivity index (χ2n) is 13.7. The number of rotatable bonds is 7. The molecule has 0 aliphatic rings. The van der Waals surface area contributed by atoms with Gasteiger partial charge in [-0.15, -0.1) is 0 Å². The average Bonchev–Trinajstić information content (AvgIpc) is 3.69. The Bertz CT molecular complexity index is 2950. The van der Waals surface area contributed by atoms with Crippen LogP contribution >= 0.6 is 0 Å². The number of fused-ring (bicyclic) bond motifs is 3. The minimum Gasteiger partial charge on any atom is -0.232 e. The monoisotopic (exact) mass is 702 g/mol. The SMILES string of the molecule is c1ccc(-c2cccc(-c3nc(-c4ccccc4)cc(-c4ccccc4-c4cc5ccccc5c5c4c(-c4ccccc4)nn5-c4ccccc4)n3)c2)cc1. The van der Waals surface area contributed by atoms with E-state index in [1.165, 1.54) is 0 Å². The normalized spacial score (nSPS) is 11.3. The van der Waals surface area contributed by atoms with Crippen LogP contribution < -0.4 is 0 Å². The van der Waals surface area contributed by atoms with E-state index in [2.05, 4.69) is 193 Å². The van der Waals surface area contributed by atoms with Gasteiger partial charge < -0.3 is 0 Å². The molecule has 4 nitrogen and oxygen atoms in total. The largest absolute Gasteiger partial charge is 0.232 e. The summed E-state index contributed by atoms with van der Waals surface area (Å²) in [6, 6.07) is 72.0. The number of hydrogen-bond acceptors (Lipinski definition) is 3. The number of aromatic nitrogens is 4. The van der Waals surface area contributed by atoms with Gasteiger partial charge in [0.25, 0.3) is 0 Å². The van der Waals surface area contributed by atoms with Crippen molar-refractivity contribution < 1.29 is 0 Å². The molecule has 0 saturated heterocycles. The molecule has 10 rings (SSSR count). The van der Waals surface area contributed by atoms with E-state index in [0.717, 1.165) is 89.0 Å². The summed E-state index contributed by atoms with van der Waals surface area (Å²) in [7, 11) is 0. The minimum absolute atomic E-state index is 0.675. The van der Waals surface area contributed by atoms with Crippen LogP contribution in [0.25, 0.3) is 94.8 Å². The lowest BCUT2D eigenvalue weighted by atomic mass is 9.90. The lowest BCUT2D eigenvalue weighted by Gasteiger charge is -2.16. The van der Waals surface area contributed by atoms with Crippen LogP contribution in [0.1, 0.15) is 0 Å². The number of benzene rings is 8. The Balaban J connectivity index is 1.25. The van der Waals surface area contributed by atoms with Gasteiger partial charge in [-0.05, 0) is 58.0 Å². The Labute approximate surface area is 319 Å². The van der Waals surface area contributed by atoms with E-state index < -0.39 is 0 Å². The zero-order valence-electron chi connectivity index (χ0n) is 29.9. The van der Waals surface area contributed by atoms with Crippen molar-refractivity contribution in [2.24, 2.45) is 0 Å². The van der Waals surface area contributed by atoms with Gasteiger partial charge in [-0.3, -0.25) is 0 Å². The minimum atomic E-state index is 0.675. The van der Waals surface area contributed by atoms with Crippen molar-refractivity contribution in [3.05, 3.63) is 206 Å². The molecule has 0 N–H and O–H groups in total. The van der Waals surface area contributed by atoms with Crippen molar-refractivity contribution in [3.63, 3.8) is 0 Å². The molecule has 258 valence electrons. The molecule has 2 heterocycles. The van der Waals surface area contributed by atoms with Gasteiger partial charge in [0.1, 0.15) is 5.69 Å². The molecule has 0 bridgehead atoms. The maximum Gasteiger partial charge on any atom is 0.160 e. The standard InChI is InChI=1S/C51H34N4/c1-5-18-35(19-6-1)38-25-17-26-40(32-38)51-52-46(36-20-7-2-8-21-36)34-47(53-51)44-31-16-15-30-43(44)45-33-39-24-13-14-29-42(39)50-48(45)49(37-22-9-3-10-23-37)54-55(50)41-27-11-4-12-28-41/h1-34H. The maximum absolute atomic E-state index is 5.40. The third-order valence-electron chi connectivity index (χ3n) is 10.2. The van der Waals surface area contributed by atoms with Crippen LogP contribution in [-0.2, 0) is 0 Å². The van der Waals surface area contributed by atoms with Crippen molar-refractivity contribution in [2.45, 2.75) is 0 Å². The highest BCUT2D eigenvalue weighted by molar-refractivity contribution is 6.18. The van der Waals surface area contributed by atoms with E-state index in [4.69, 9.17) is 15.1 Å². The number of nitrogens with zero attached hydrogens (tertiary/aromatic N) is 4. The van der Waals surface area contributed by atoms with E-state index in [-0.39, 0.29) is 0 Å². The summed E-state index contributed by atoms with van der Waals surface area (Å²) < 4.78 is 2.11.